The van der Waals surface area contributed by atoms with Crippen LogP contribution in [0.4, 0.5) is 10.2 Å². The quantitative estimate of drug-likeness (QED) is 0.275. The summed E-state index contributed by atoms with van der Waals surface area (Å²) in [6.07, 6.45) is 11.9. The molecule has 8 nitrogen and oxygen atoms in total. The van der Waals surface area contributed by atoms with E-state index in [0.29, 0.717) is 58.7 Å². The van der Waals surface area contributed by atoms with Crippen molar-refractivity contribution >= 4 is 27.5 Å². The average molecular weight is 620 g/mol. The van der Waals surface area contributed by atoms with Crippen LogP contribution in [-0.4, -0.2) is 83.6 Å². The molecule has 2 unspecified atom stereocenters. The molecule has 5 aliphatic rings. The van der Waals surface area contributed by atoms with Crippen molar-refractivity contribution in [2.45, 2.75) is 63.3 Å². The number of aromatic nitrogens is 2. The fraction of sp³-hybridized carbons (Fsp3) is 0.459. The van der Waals surface area contributed by atoms with Crippen molar-refractivity contribution in [3.05, 3.63) is 53.3 Å². The van der Waals surface area contributed by atoms with E-state index in [1.165, 1.54) is 0 Å². The van der Waals surface area contributed by atoms with Gasteiger partial charge in [0.05, 0.1) is 19.3 Å². The van der Waals surface area contributed by atoms with Gasteiger partial charge in [0.1, 0.15) is 17.1 Å². The second kappa shape index (κ2) is 10.5. The number of nitrogens with one attached hydrogen (secondary N) is 1. The number of aromatic hydroxyl groups is 1. The summed E-state index contributed by atoms with van der Waals surface area (Å²) in [6.45, 7) is 6.85. The van der Waals surface area contributed by atoms with E-state index in [-0.39, 0.29) is 22.7 Å². The number of fused-ring (bicyclic) bond motifs is 6. The van der Waals surface area contributed by atoms with Gasteiger partial charge in [0.25, 0.3) is 0 Å². The van der Waals surface area contributed by atoms with Gasteiger partial charge in [-0.3, -0.25) is 4.90 Å². The molecule has 236 valence electrons. The van der Waals surface area contributed by atoms with Gasteiger partial charge in [-0.15, -0.1) is 6.42 Å². The van der Waals surface area contributed by atoms with E-state index in [2.05, 4.69) is 21.0 Å². The molecule has 0 radical (unpaired) electrons. The highest BCUT2D eigenvalue weighted by molar-refractivity contribution is 6.04. The van der Waals surface area contributed by atoms with Crippen molar-refractivity contribution in [1.29, 1.82) is 0 Å². The minimum atomic E-state index is -0.477. The first kappa shape index (κ1) is 28.3. The highest BCUT2D eigenvalue weighted by Gasteiger charge is 2.49. The lowest BCUT2D eigenvalue weighted by Gasteiger charge is -2.34. The Bertz CT molecular complexity index is 1920. The number of morpholine rings is 1. The molecule has 9 rings (SSSR count). The van der Waals surface area contributed by atoms with Gasteiger partial charge in [0.2, 0.25) is 0 Å². The van der Waals surface area contributed by atoms with E-state index in [4.69, 9.17) is 25.9 Å². The molecule has 4 bridgehead atoms. The fourth-order valence-electron chi connectivity index (χ4n) is 8.41. The Hall–Kier alpha value is -3.97. The molecule has 5 fully saturated rings. The van der Waals surface area contributed by atoms with Gasteiger partial charge in [-0.1, -0.05) is 24.1 Å². The van der Waals surface area contributed by atoms with Crippen LogP contribution in [0.2, 0.25) is 0 Å². The molecular weight excluding hydrogens is 581 g/mol. The van der Waals surface area contributed by atoms with Crippen molar-refractivity contribution < 1.29 is 19.0 Å². The van der Waals surface area contributed by atoms with Gasteiger partial charge in [-0.25, -0.2) is 4.39 Å². The molecule has 3 aromatic carbocycles. The summed E-state index contributed by atoms with van der Waals surface area (Å²) in [5.74, 6) is 3.08. The largest absolute Gasteiger partial charge is 0.508 e. The Morgan fingerprint density at radius 2 is 1.93 bits per heavy atom. The molecule has 4 aromatic rings. The third-order valence-electron chi connectivity index (χ3n) is 11.0. The number of hydrogen-bond acceptors (Lipinski definition) is 8. The number of benzene rings is 3. The Morgan fingerprint density at radius 3 is 2.65 bits per heavy atom. The van der Waals surface area contributed by atoms with Crippen LogP contribution in [0.1, 0.15) is 43.2 Å². The third-order valence-corrected chi connectivity index (χ3v) is 11.0. The van der Waals surface area contributed by atoms with E-state index >= 15 is 4.39 Å². The molecule has 4 saturated heterocycles. The highest BCUT2D eigenvalue weighted by atomic mass is 19.1. The topological polar surface area (TPSA) is 83.0 Å². The molecule has 4 atom stereocenters. The fourth-order valence-corrected chi connectivity index (χ4v) is 8.41. The van der Waals surface area contributed by atoms with Crippen LogP contribution in [0.25, 0.3) is 32.8 Å². The summed E-state index contributed by atoms with van der Waals surface area (Å²) in [5, 5.41) is 16.5. The van der Waals surface area contributed by atoms with E-state index in [0.717, 1.165) is 81.2 Å². The Labute approximate surface area is 267 Å². The molecule has 1 aliphatic carbocycles. The first-order valence-electron chi connectivity index (χ1n) is 16.6. The first-order chi connectivity index (χ1) is 22.4. The zero-order chi connectivity index (χ0) is 31.2. The van der Waals surface area contributed by atoms with Gasteiger partial charge in [0.15, 0.2) is 5.82 Å². The lowest BCUT2D eigenvalue weighted by atomic mass is 9.91. The first-order valence-corrected chi connectivity index (χ1v) is 16.6. The number of hydrogen-bond donors (Lipinski definition) is 2. The molecule has 0 amide bonds. The predicted molar refractivity (Wildman–Crippen MR) is 176 cm³/mol. The van der Waals surface area contributed by atoms with E-state index in [9.17, 15) is 5.11 Å². The normalized spacial score (nSPS) is 26.2. The molecular formula is C37H38FN5O3. The maximum atomic E-state index is 17.0. The van der Waals surface area contributed by atoms with Crippen LogP contribution < -0.4 is 15.0 Å². The van der Waals surface area contributed by atoms with Crippen LogP contribution in [0.3, 0.4) is 0 Å². The standard InChI is InChI=1S/C37H38FN5O3/c1-3-28-21(2)4-5-22-12-26(44)14-31(32(22)28)29-8-9-30-34(33(29)38)40-36(41-35(30)42-15-23-6-7-24(16-42)39-23)46-20-37(10-11-37)19-43-17-27-13-25(43)18-45-27/h1,4-5,8-9,12,14,23-25,27,39,44H,6-7,10-11,13,15-20H2,2H3/t23?,24?,25-,27-/m1/s1. The van der Waals surface area contributed by atoms with Crippen molar-refractivity contribution in [2.75, 3.05) is 44.3 Å². The summed E-state index contributed by atoms with van der Waals surface area (Å²) in [4.78, 5) is 14.5. The molecule has 1 saturated carbocycles. The van der Waals surface area contributed by atoms with Crippen LogP contribution in [-0.2, 0) is 4.74 Å². The number of rotatable bonds is 7. The number of likely N-dealkylation sites (tertiary alicyclic amines) is 1. The summed E-state index contributed by atoms with van der Waals surface area (Å²) in [7, 11) is 0. The van der Waals surface area contributed by atoms with Crippen LogP contribution in [0.15, 0.2) is 36.4 Å². The van der Waals surface area contributed by atoms with Crippen molar-refractivity contribution in [1.82, 2.24) is 20.2 Å². The molecule has 0 spiro atoms. The summed E-state index contributed by atoms with van der Waals surface area (Å²) >= 11 is 0. The molecule has 2 N–H and O–H groups in total. The van der Waals surface area contributed by atoms with Crippen LogP contribution in [0, 0.1) is 30.5 Å². The van der Waals surface area contributed by atoms with Gasteiger partial charge >= 0.3 is 6.01 Å². The maximum absolute atomic E-state index is 17.0. The van der Waals surface area contributed by atoms with Gasteiger partial charge in [0, 0.05) is 71.6 Å². The van der Waals surface area contributed by atoms with Crippen LogP contribution >= 0.6 is 0 Å². The monoisotopic (exact) mass is 619 g/mol. The zero-order valence-corrected chi connectivity index (χ0v) is 26.1. The van der Waals surface area contributed by atoms with Crippen molar-refractivity contribution in [2.24, 2.45) is 5.41 Å². The lowest BCUT2D eigenvalue weighted by molar-refractivity contribution is 0.0176. The van der Waals surface area contributed by atoms with E-state index in [1.54, 1.807) is 18.2 Å². The highest BCUT2D eigenvalue weighted by Crippen LogP contribution is 2.48. The number of phenols is 1. The second-order valence-corrected chi connectivity index (χ2v) is 14.3. The third kappa shape index (κ3) is 4.69. The SMILES string of the molecule is C#Cc1c(C)ccc2cc(O)cc(-c3ccc4c(N5CC6CCC(C5)N6)nc(OCC5(CN6C[C@H]7C[C@@H]6CO7)CC5)nc4c3F)c12. The number of nitrogens with zero attached hydrogens (tertiary/aromatic N) is 4. The Kier molecular flexibility index (Phi) is 6.47. The molecule has 4 aliphatic heterocycles. The number of anilines is 1. The number of aryl methyl sites for hydroxylation is 1. The van der Waals surface area contributed by atoms with Crippen molar-refractivity contribution in [3.63, 3.8) is 0 Å². The molecule has 5 heterocycles. The second-order valence-electron chi connectivity index (χ2n) is 14.3. The Balaban J connectivity index is 1.13. The number of halogens is 1. The Morgan fingerprint density at radius 1 is 1.11 bits per heavy atom. The van der Waals surface area contributed by atoms with Crippen molar-refractivity contribution in [3.8, 4) is 35.2 Å². The van der Waals surface area contributed by atoms with Gasteiger partial charge in [-0.05, 0) is 73.7 Å². The molecule has 46 heavy (non-hydrogen) atoms. The summed E-state index contributed by atoms with van der Waals surface area (Å²) in [5.41, 5.74) is 2.75. The zero-order valence-electron chi connectivity index (χ0n) is 26.1. The molecule has 9 heteroatoms. The summed E-state index contributed by atoms with van der Waals surface area (Å²) < 4.78 is 29.2. The average Bonchev–Trinajstić information content (AvgIpc) is 3.31. The van der Waals surface area contributed by atoms with Crippen LogP contribution in [0.5, 0.6) is 11.8 Å². The molecule has 1 aromatic heterocycles. The minimum Gasteiger partial charge on any atom is -0.508 e. The maximum Gasteiger partial charge on any atom is 0.319 e. The van der Waals surface area contributed by atoms with Gasteiger partial charge < -0.3 is 24.8 Å². The van der Waals surface area contributed by atoms with E-state index in [1.807, 2.05) is 25.1 Å². The predicted octanol–water partition coefficient (Wildman–Crippen LogP) is 5.16. The summed E-state index contributed by atoms with van der Waals surface area (Å²) in [6, 6.07) is 12.3. The smallest absolute Gasteiger partial charge is 0.319 e. The number of piperazine rings is 1. The number of ether oxygens (including phenoxy) is 2. The number of terminal acetylenes is 1. The van der Waals surface area contributed by atoms with Gasteiger partial charge in [-0.2, -0.15) is 9.97 Å². The number of phenolic OH excluding ortho intramolecular Hbond substituents is 1. The minimum absolute atomic E-state index is 0.0463. The van der Waals surface area contributed by atoms with E-state index < -0.39 is 5.82 Å². The lowest BCUT2D eigenvalue weighted by Crippen LogP contribution is -2.51.